The molecule has 0 atom stereocenters. The summed E-state index contributed by atoms with van der Waals surface area (Å²) in [6, 6.07) is 0.0374. The third kappa shape index (κ3) is 2.41. The summed E-state index contributed by atoms with van der Waals surface area (Å²) in [6.45, 7) is -0.854. The second-order valence-corrected chi connectivity index (χ2v) is 2.66. The Bertz CT molecular complexity index is 393. The van der Waals surface area contributed by atoms with Crippen LogP contribution in [0.4, 0.5) is 17.6 Å². The van der Waals surface area contributed by atoms with Crippen LogP contribution in [0, 0.1) is 23.3 Å². The summed E-state index contributed by atoms with van der Waals surface area (Å²) in [4.78, 5) is 10.6. The van der Waals surface area contributed by atoms with Crippen LogP contribution in [0.3, 0.4) is 0 Å². The number of hydrogen-bond donors (Lipinski definition) is 0. The van der Waals surface area contributed by atoms with Crippen molar-refractivity contribution in [3.8, 4) is 5.75 Å². The second-order valence-electron chi connectivity index (χ2n) is 2.66. The van der Waals surface area contributed by atoms with E-state index in [0.29, 0.717) is 0 Å². The van der Waals surface area contributed by atoms with Gasteiger partial charge in [-0.1, -0.05) is 0 Å². The number of benzene rings is 1. The van der Waals surface area contributed by atoms with Gasteiger partial charge in [-0.25, -0.2) is 13.6 Å². The van der Waals surface area contributed by atoms with Gasteiger partial charge in [0.25, 0.3) is 0 Å². The Balaban J connectivity index is 2.99. The molecule has 0 saturated carbocycles. The number of halogens is 4. The molecule has 0 aliphatic carbocycles. The Morgan fingerprint density at radius 1 is 1.19 bits per heavy atom. The Hall–Kier alpha value is -1.79. The predicted octanol–water partition coefficient (Wildman–Crippen LogP) is 1.79. The van der Waals surface area contributed by atoms with Gasteiger partial charge in [0.15, 0.2) is 24.0 Å². The molecule has 0 radical (unpaired) electrons. The van der Waals surface area contributed by atoms with Crippen molar-refractivity contribution >= 4 is 5.97 Å². The summed E-state index contributed by atoms with van der Waals surface area (Å²) >= 11 is 0. The first-order valence-corrected chi connectivity index (χ1v) is 4.00. The first kappa shape index (κ1) is 12.3. The summed E-state index contributed by atoms with van der Waals surface area (Å²) in [6.07, 6.45) is 0. The fourth-order valence-corrected chi connectivity index (χ4v) is 0.868. The van der Waals surface area contributed by atoms with E-state index < -0.39 is 41.6 Å². The molecule has 0 saturated heterocycles. The van der Waals surface area contributed by atoms with Gasteiger partial charge < -0.3 is 9.47 Å². The van der Waals surface area contributed by atoms with E-state index in [2.05, 4.69) is 9.47 Å². The summed E-state index contributed by atoms with van der Waals surface area (Å²) in [5.41, 5.74) is 0. The van der Waals surface area contributed by atoms with Gasteiger partial charge in [-0.05, 0) is 0 Å². The highest BCUT2D eigenvalue weighted by atomic mass is 19.2. The minimum Gasteiger partial charge on any atom is -0.476 e. The van der Waals surface area contributed by atoms with Crippen molar-refractivity contribution in [2.75, 3.05) is 13.7 Å². The Kier molecular flexibility index (Phi) is 3.70. The van der Waals surface area contributed by atoms with Gasteiger partial charge in [-0.3, -0.25) is 0 Å². The van der Waals surface area contributed by atoms with Crippen LogP contribution in [-0.4, -0.2) is 19.7 Å². The molecule has 0 aromatic heterocycles. The second kappa shape index (κ2) is 4.82. The lowest BCUT2D eigenvalue weighted by atomic mass is 10.3. The molecule has 88 valence electrons. The number of esters is 1. The van der Waals surface area contributed by atoms with Crippen LogP contribution in [-0.2, 0) is 9.53 Å². The number of carbonyl (C=O) groups excluding carboxylic acids is 1. The van der Waals surface area contributed by atoms with E-state index in [0.717, 1.165) is 7.11 Å². The van der Waals surface area contributed by atoms with Gasteiger partial charge in [0.05, 0.1) is 7.11 Å². The van der Waals surface area contributed by atoms with Crippen LogP contribution in [0.5, 0.6) is 5.75 Å². The van der Waals surface area contributed by atoms with Crippen LogP contribution in [0.15, 0.2) is 6.07 Å². The van der Waals surface area contributed by atoms with Crippen LogP contribution in [0.2, 0.25) is 0 Å². The van der Waals surface area contributed by atoms with Gasteiger partial charge in [0, 0.05) is 6.07 Å². The highest BCUT2D eigenvalue weighted by Crippen LogP contribution is 2.26. The smallest absolute Gasteiger partial charge is 0.343 e. The van der Waals surface area contributed by atoms with E-state index in [9.17, 15) is 22.4 Å². The summed E-state index contributed by atoms with van der Waals surface area (Å²) in [5.74, 6) is -8.87. The molecule has 3 nitrogen and oxygen atoms in total. The van der Waals surface area contributed by atoms with E-state index in [4.69, 9.17) is 0 Å². The van der Waals surface area contributed by atoms with Crippen LogP contribution >= 0.6 is 0 Å². The zero-order chi connectivity index (χ0) is 12.3. The fourth-order valence-electron chi connectivity index (χ4n) is 0.868. The molecule has 0 aliphatic rings. The molecule has 0 amide bonds. The maximum absolute atomic E-state index is 12.9. The number of hydrogen-bond acceptors (Lipinski definition) is 3. The zero-order valence-electron chi connectivity index (χ0n) is 8.02. The number of ether oxygens (including phenoxy) is 2. The summed E-state index contributed by atoms with van der Waals surface area (Å²) < 4.78 is 59.6. The topological polar surface area (TPSA) is 35.5 Å². The lowest BCUT2D eigenvalue weighted by Gasteiger charge is -2.07. The van der Waals surface area contributed by atoms with Crippen molar-refractivity contribution in [3.63, 3.8) is 0 Å². The zero-order valence-corrected chi connectivity index (χ0v) is 8.02. The highest BCUT2D eigenvalue weighted by Gasteiger charge is 2.21. The van der Waals surface area contributed by atoms with Gasteiger partial charge in [0.1, 0.15) is 0 Å². The van der Waals surface area contributed by atoms with Gasteiger partial charge in [-0.2, -0.15) is 8.78 Å². The maximum atomic E-state index is 12.9. The molecule has 0 spiro atoms. The van der Waals surface area contributed by atoms with E-state index in [1.54, 1.807) is 0 Å². The van der Waals surface area contributed by atoms with Crippen molar-refractivity contribution in [1.82, 2.24) is 0 Å². The molecule has 1 aromatic carbocycles. The lowest BCUT2D eigenvalue weighted by Crippen LogP contribution is -2.14. The minimum absolute atomic E-state index is 0.0374. The van der Waals surface area contributed by atoms with Crippen LogP contribution in [0.1, 0.15) is 0 Å². The van der Waals surface area contributed by atoms with E-state index >= 15 is 0 Å². The third-order valence-electron chi connectivity index (χ3n) is 1.63. The molecule has 0 unspecified atom stereocenters. The Morgan fingerprint density at radius 3 is 2.12 bits per heavy atom. The van der Waals surface area contributed by atoms with Gasteiger partial charge in [-0.15, -0.1) is 0 Å². The largest absolute Gasteiger partial charge is 0.476 e. The van der Waals surface area contributed by atoms with Crippen molar-refractivity contribution in [2.45, 2.75) is 0 Å². The molecule has 1 rings (SSSR count). The first-order chi connectivity index (χ1) is 7.47. The van der Waals surface area contributed by atoms with Crippen molar-refractivity contribution in [3.05, 3.63) is 29.3 Å². The van der Waals surface area contributed by atoms with Crippen molar-refractivity contribution < 1.29 is 31.8 Å². The quantitative estimate of drug-likeness (QED) is 0.457. The minimum atomic E-state index is -1.71. The van der Waals surface area contributed by atoms with Crippen LogP contribution < -0.4 is 4.74 Å². The van der Waals surface area contributed by atoms with Crippen molar-refractivity contribution in [1.29, 1.82) is 0 Å². The Morgan fingerprint density at radius 2 is 1.69 bits per heavy atom. The SMILES string of the molecule is COC(=O)COc1c(F)c(F)cc(F)c1F. The first-order valence-electron chi connectivity index (χ1n) is 4.00. The number of rotatable bonds is 3. The standard InChI is InChI=1S/C9H6F4O3/c1-15-6(14)3-16-9-7(12)4(10)2-5(11)8(9)13/h2H,3H2,1H3. The van der Waals surface area contributed by atoms with Crippen LogP contribution in [0.25, 0.3) is 0 Å². The fraction of sp³-hybridized carbons (Fsp3) is 0.222. The number of carbonyl (C=O) groups is 1. The molecule has 7 heteroatoms. The van der Waals surface area contributed by atoms with Gasteiger partial charge in [0.2, 0.25) is 11.6 Å². The molecule has 1 aromatic rings. The van der Waals surface area contributed by atoms with Gasteiger partial charge >= 0.3 is 5.97 Å². The average molecular weight is 238 g/mol. The molecule has 0 N–H and O–H groups in total. The van der Waals surface area contributed by atoms with E-state index in [1.807, 2.05) is 0 Å². The summed E-state index contributed by atoms with van der Waals surface area (Å²) in [5, 5.41) is 0. The lowest BCUT2D eigenvalue weighted by molar-refractivity contribution is -0.143. The Labute approximate surface area is 87.6 Å². The van der Waals surface area contributed by atoms with Crippen molar-refractivity contribution in [2.24, 2.45) is 0 Å². The molecular formula is C9H6F4O3. The third-order valence-corrected chi connectivity index (χ3v) is 1.63. The summed E-state index contributed by atoms with van der Waals surface area (Å²) in [7, 11) is 1.02. The van der Waals surface area contributed by atoms with E-state index in [1.165, 1.54) is 0 Å². The highest BCUT2D eigenvalue weighted by molar-refractivity contribution is 5.70. The molecule has 0 aliphatic heterocycles. The predicted molar refractivity (Wildman–Crippen MR) is 43.8 cm³/mol. The maximum Gasteiger partial charge on any atom is 0.343 e. The normalized spacial score (nSPS) is 10.1. The molecule has 0 fully saturated rings. The molecule has 0 heterocycles. The molecule has 16 heavy (non-hydrogen) atoms. The molecule has 0 bridgehead atoms. The monoisotopic (exact) mass is 238 g/mol. The van der Waals surface area contributed by atoms with E-state index in [-0.39, 0.29) is 6.07 Å². The number of methoxy groups -OCH3 is 1. The average Bonchev–Trinajstić information content (AvgIpc) is 2.26. The molecular weight excluding hydrogens is 232 g/mol.